The van der Waals surface area contributed by atoms with Gasteiger partial charge in [-0.25, -0.2) is 4.98 Å². The number of hydrogen-bond donors (Lipinski definition) is 1. The summed E-state index contributed by atoms with van der Waals surface area (Å²) in [5.74, 6) is 1.75. The highest BCUT2D eigenvalue weighted by atomic mass is 15.1. The summed E-state index contributed by atoms with van der Waals surface area (Å²) < 4.78 is 2.17. The Bertz CT molecular complexity index is 350. The van der Waals surface area contributed by atoms with Crippen LogP contribution in [0.25, 0.3) is 0 Å². The Hall–Kier alpha value is -0.830. The molecule has 3 heteroatoms. The Kier molecular flexibility index (Phi) is 4.81. The van der Waals surface area contributed by atoms with Crippen LogP contribution in [-0.4, -0.2) is 16.1 Å². The lowest BCUT2D eigenvalue weighted by atomic mass is 9.77. The summed E-state index contributed by atoms with van der Waals surface area (Å²) in [5, 5.41) is 3.67. The second-order valence-corrected chi connectivity index (χ2v) is 5.65. The minimum atomic E-state index is 0.486. The van der Waals surface area contributed by atoms with Crippen molar-refractivity contribution in [2.45, 2.75) is 52.0 Å². The van der Waals surface area contributed by atoms with E-state index in [9.17, 15) is 0 Å². The molecule has 2 rings (SSSR count). The lowest BCUT2D eigenvalue weighted by Crippen LogP contribution is -2.32. The molecule has 0 aromatic carbocycles. The first kappa shape index (κ1) is 13.6. The van der Waals surface area contributed by atoms with Crippen molar-refractivity contribution in [2.75, 3.05) is 6.54 Å². The quantitative estimate of drug-likeness (QED) is 0.868. The average molecular weight is 249 g/mol. The standard InChI is InChI=1S/C15H27N3/c1-4-12-6-8-13(9-7-12)15(17-5-2)14-10-16-11-18(14)3/h10-13,15,17H,4-9H2,1-3H3. The van der Waals surface area contributed by atoms with Gasteiger partial charge in [0.25, 0.3) is 0 Å². The molecule has 0 spiro atoms. The molecule has 0 aliphatic heterocycles. The SMILES string of the molecule is CCNC(c1cncn1C)C1CCC(CC)CC1. The summed E-state index contributed by atoms with van der Waals surface area (Å²) in [5.41, 5.74) is 1.34. The Balaban J connectivity index is 2.05. The normalized spacial score (nSPS) is 26.2. The number of nitrogens with one attached hydrogen (secondary N) is 1. The van der Waals surface area contributed by atoms with Gasteiger partial charge in [-0.15, -0.1) is 0 Å². The number of aryl methyl sites for hydroxylation is 1. The summed E-state index contributed by atoms with van der Waals surface area (Å²) in [7, 11) is 2.10. The van der Waals surface area contributed by atoms with Gasteiger partial charge in [0, 0.05) is 13.2 Å². The highest BCUT2D eigenvalue weighted by molar-refractivity contribution is 5.07. The van der Waals surface area contributed by atoms with Crippen LogP contribution in [-0.2, 0) is 7.05 Å². The monoisotopic (exact) mass is 249 g/mol. The Labute approximate surface area is 111 Å². The van der Waals surface area contributed by atoms with Gasteiger partial charge in [-0.05, 0) is 31.2 Å². The van der Waals surface area contributed by atoms with Crippen LogP contribution >= 0.6 is 0 Å². The molecule has 1 fully saturated rings. The van der Waals surface area contributed by atoms with Gasteiger partial charge in [-0.1, -0.05) is 33.1 Å². The van der Waals surface area contributed by atoms with Crippen LogP contribution in [0.15, 0.2) is 12.5 Å². The van der Waals surface area contributed by atoms with Crippen LogP contribution < -0.4 is 5.32 Å². The molecule has 1 aliphatic rings. The molecule has 0 amide bonds. The third-order valence-corrected chi connectivity index (χ3v) is 4.54. The van der Waals surface area contributed by atoms with E-state index in [1.165, 1.54) is 37.8 Å². The fourth-order valence-corrected chi connectivity index (χ4v) is 3.33. The first-order valence-electron chi connectivity index (χ1n) is 7.45. The van der Waals surface area contributed by atoms with E-state index < -0.39 is 0 Å². The molecule has 0 saturated heterocycles. The molecule has 1 saturated carbocycles. The fourth-order valence-electron chi connectivity index (χ4n) is 3.33. The zero-order valence-corrected chi connectivity index (χ0v) is 12.0. The molecule has 1 heterocycles. The molecular formula is C15H27N3. The van der Waals surface area contributed by atoms with Gasteiger partial charge in [0.2, 0.25) is 0 Å². The number of rotatable bonds is 5. The molecule has 18 heavy (non-hydrogen) atoms. The van der Waals surface area contributed by atoms with E-state index in [0.29, 0.717) is 6.04 Å². The fraction of sp³-hybridized carbons (Fsp3) is 0.800. The first-order valence-corrected chi connectivity index (χ1v) is 7.45. The summed E-state index contributed by atoms with van der Waals surface area (Å²) >= 11 is 0. The zero-order chi connectivity index (χ0) is 13.0. The van der Waals surface area contributed by atoms with E-state index in [1.54, 1.807) is 0 Å². The van der Waals surface area contributed by atoms with Crippen LogP contribution in [0, 0.1) is 11.8 Å². The Morgan fingerprint density at radius 1 is 1.33 bits per heavy atom. The number of nitrogens with zero attached hydrogens (tertiary/aromatic N) is 2. The molecule has 3 nitrogen and oxygen atoms in total. The van der Waals surface area contributed by atoms with Gasteiger partial charge in [0.15, 0.2) is 0 Å². The van der Waals surface area contributed by atoms with E-state index in [0.717, 1.165) is 18.4 Å². The largest absolute Gasteiger partial charge is 0.336 e. The van der Waals surface area contributed by atoms with Crippen molar-refractivity contribution in [3.63, 3.8) is 0 Å². The first-order chi connectivity index (χ1) is 8.76. The third-order valence-electron chi connectivity index (χ3n) is 4.54. The minimum Gasteiger partial charge on any atom is -0.336 e. The number of aromatic nitrogens is 2. The number of imidazole rings is 1. The second kappa shape index (κ2) is 6.37. The summed E-state index contributed by atoms with van der Waals surface area (Å²) in [6, 6.07) is 0.486. The van der Waals surface area contributed by atoms with E-state index in [-0.39, 0.29) is 0 Å². The van der Waals surface area contributed by atoms with Gasteiger partial charge in [-0.3, -0.25) is 0 Å². The van der Waals surface area contributed by atoms with E-state index in [1.807, 2.05) is 12.5 Å². The van der Waals surface area contributed by atoms with Crippen molar-refractivity contribution < 1.29 is 0 Å². The molecule has 1 unspecified atom stereocenters. The molecule has 1 atom stereocenters. The minimum absolute atomic E-state index is 0.486. The van der Waals surface area contributed by atoms with Crippen molar-refractivity contribution >= 4 is 0 Å². The van der Waals surface area contributed by atoms with Crippen LogP contribution in [0.2, 0.25) is 0 Å². The molecule has 1 aromatic heterocycles. The van der Waals surface area contributed by atoms with Gasteiger partial charge < -0.3 is 9.88 Å². The molecule has 1 N–H and O–H groups in total. The van der Waals surface area contributed by atoms with Crippen LogP contribution in [0.5, 0.6) is 0 Å². The maximum atomic E-state index is 4.27. The maximum absolute atomic E-state index is 4.27. The summed E-state index contributed by atoms with van der Waals surface area (Å²) in [4.78, 5) is 4.27. The third kappa shape index (κ3) is 2.94. The molecule has 102 valence electrons. The predicted octanol–water partition coefficient (Wildman–Crippen LogP) is 3.29. The highest BCUT2D eigenvalue weighted by Crippen LogP contribution is 2.37. The molecular weight excluding hydrogens is 222 g/mol. The Morgan fingerprint density at radius 3 is 2.56 bits per heavy atom. The van der Waals surface area contributed by atoms with E-state index >= 15 is 0 Å². The lowest BCUT2D eigenvalue weighted by molar-refractivity contribution is 0.216. The van der Waals surface area contributed by atoms with Crippen LogP contribution in [0.1, 0.15) is 57.7 Å². The van der Waals surface area contributed by atoms with Crippen molar-refractivity contribution in [3.8, 4) is 0 Å². The zero-order valence-electron chi connectivity index (χ0n) is 12.0. The van der Waals surface area contributed by atoms with Crippen molar-refractivity contribution in [1.82, 2.24) is 14.9 Å². The Morgan fingerprint density at radius 2 is 2.06 bits per heavy atom. The molecule has 1 aromatic rings. The van der Waals surface area contributed by atoms with Crippen LogP contribution in [0.4, 0.5) is 0 Å². The maximum Gasteiger partial charge on any atom is 0.0946 e. The number of hydrogen-bond acceptors (Lipinski definition) is 2. The summed E-state index contributed by atoms with van der Waals surface area (Å²) in [6.07, 6.45) is 10.8. The van der Waals surface area contributed by atoms with Crippen LogP contribution in [0.3, 0.4) is 0 Å². The smallest absolute Gasteiger partial charge is 0.0946 e. The summed E-state index contributed by atoms with van der Waals surface area (Å²) in [6.45, 7) is 5.55. The van der Waals surface area contributed by atoms with Gasteiger partial charge in [-0.2, -0.15) is 0 Å². The average Bonchev–Trinajstić information content (AvgIpc) is 2.82. The van der Waals surface area contributed by atoms with Crippen molar-refractivity contribution in [1.29, 1.82) is 0 Å². The van der Waals surface area contributed by atoms with E-state index in [2.05, 4.69) is 35.8 Å². The van der Waals surface area contributed by atoms with Gasteiger partial charge in [0.1, 0.15) is 0 Å². The van der Waals surface area contributed by atoms with E-state index in [4.69, 9.17) is 0 Å². The highest BCUT2D eigenvalue weighted by Gasteiger charge is 2.28. The molecule has 0 bridgehead atoms. The van der Waals surface area contributed by atoms with Crippen molar-refractivity contribution in [2.24, 2.45) is 18.9 Å². The lowest BCUT2D eigenvalue weighted by Gasteiger charge is -2.34. The van der Waals surface area contributed by atoms with Gasteiger partial charge in [0.05, 0.1) is 18.1 Å². The molecule has 1 aliphatic carbocycles. The molecule has 0 radical (unpaired) electrons. The van der Waals surface area contributed by atoms with Crippen molar-refractivity contribution in [3.05, 3.63) is 18.2 Å². The predicted molar refractivity (Wildman–Crippen MR) is 75.4 cm³/mol. The van der Waals surface area contributed by atoms with Gasteiger partial charge >= 0.3 is 0 Å². The topological polar surface area (TPSA) is 29.9 Å². The second-order valence-electron chi connectivity index (χ2n) is 5.65.